The normalized spacial score (nSPS) is 11.2. The molecule has 0 radical (unpaired) electrons. The SMILES string of the molecule is BrCc1cc2ccc3ccccc3c2cc1CBr. The Morgan fingerprint density at radius 2 is 1.33 bits per heavy atom. The first kappa shape index (κ1) is 12.2. The van der Waals surface area contributed by atoms with E-state index in [-0.39, 0.29) is 0 Å². The summed E-state index contributed by atoms with van der Waals surface area (Å²) in [6.45, 7) is 0. The lowest BCUT2D eigenvalue weighted by molar-refractivity contribution is 1.32. The Labute approximate surface area is 123 Å². The fourth-order valence-electron chi connectivity index (χ4n) is 2.40. The summed E-state index contributed by atoms with van der Waals surface area (Å²) in [6, 6.07) is 17.6. The fourth-order valence-corrected chi connectivity index (χ4v) is 3.44. The number of benzene rings is 3. The molecule has 3 rings (SSSR count). The molecule has 0 fully saturated rings. The second-order valence-corrected chi connectivity index (χ2v) is 5.52. The number of hydrogen-bond donors (Lipinski definition) is 0. The highest BCUT2D eigenvalue weighted by atomic mass is 79.9. The molecule has 0 N–H and O–H groups in total. The molecular weight excluding hydrogens is 352 g/mol. The van der Waals surface area contributed by atoms with Gasteiger partial charge in [-0.1, -0.05) is 68.3 Å². The smallest absolute Gasteiger partial charge is 0.0286 e. The van der Waals surface area contributed by atoms with Crippen LogP contribution >= 0.6 is 31.9 Å². The lowest BCUT2D eigenvalue weighted by atomic mass is 9.98. The highest BCUT2D eigenvalue weighted by Gasteiger charge is 2.05. The molecular formula is C16H12Br2. The van der Waals surface area contributed by atoms with E-state index in [2.05, 4.69) is 80.4 Å². The van der Waals surface area contributed by atoms with Crippen molar-refractivity contribution in [2.24, 2.45) is 0 Å². The van der Waals surface area contributed by atoms with Gasteiger partial charge in [0.05, 0.1) is 0 Å². The molecule has 18 heavy (non-hydrogen) atoms. The maximum atomic E-state index is 3.58. The summed E-state index contributed by atoms with van der Waals surface area (Å²) in [4.78, 5) is 0. The Kier molecular flexibility index (Phi) is 3.40. The largest absolute Gasteiger partial charge is 0.0876 e. The topological polar surface area (TPSA) is 0 Å². The van der Waals surface area contributed by atoms with Gasteiger partial charge in [-0.2, -0.15) is 0 Å². The van der Waals surface area contributed by atoms with Gasteiger partial charge in [0.25, 0.3) is 0 Å². The molecule has 0 aliphatic carbocycles. The van der Waals surface area contributed by atoms with Crippen LogP contribution in [0, 0.1) is 0 Å². The zero-order chi connectivity index (χ0) is 12.5. The van der Waals surface area contributed by atoms with Crippen LogP contribution in [0.15, 0.2) is 48.5 Å². The summed E-state index contributed by atoms with van der Waals surface area (Å²) in [5.74, 6) is 0. The number of alkyl halides is 2. The lowest BCUT2D eigenvalue weighted by Crippen LogP contribution is -1.89. The van der Waals surface area contributed by atoms with Crippen molar-refractivity contribution in [1.82, 2.24) is 0 Å². The first-order chi connectivity index (χ1) is 8.83. The van der Waals surface area contributed by atoms with Crippen molar-refractivity contribution < 1.29 is 0 Å². The van der Waals surface area contributed by atoms with Gasteiger partial charge < -0.3 is 0 Å². The Morgan fingerprint density at radius 1 is 0.667 bits per heavy atom. The molecule has 3 aromatic carbocycles. The summed E-state index contributed by atoms with van der Waals surface area (Å²) in [6.07, 6.45) is 0. The second-order valence-electron chi connectivity index (χ2n) is 4.40. The van der Waals surface area contributed by atoms with Crippen molar-refractivity contribution in [3.05, 3.63) is 59.7 Å². The second kappa shape index (κ2) is 5.02. The van der Waals surface area contributed by atoms with Crippen LogP contribution in [0.5, 0.6) is 0 Å². The van der Waals surface area contributed by atoms with Crippen molar-refractivity contribution in [2.45, 2.75) is 10.7 Å². The van der Waals surface area contributed by atoms with Crippen LogP contribution in [0.1, 0.15) is 11.1 Å². The average molecular weight is 364 g/mol. The molecule has 90 valence electrons. The molecule has 0 heterocycles. The van der Waals surface area contributed by atoms with Gasteiger partial charge in [-0.05, 0) is 44.8 Å². The van der Waals surface area contributed by atoms with Gasteiger partial charge in [-0.15, -0.1) is 0 Å². The highest BCUT2D eigenvalue weighted by Crippen LogP contribution is 2.29. The zero-order valence-electron chi connectivity index (χ0n) is 9.79. The monoisotopic (exact) mass is 362 g/mol. The van der Waals surface area contributed by atoms with Crippen LogP contribution in [-0.4, -0.2) is 0 Å². The Morgan fingerprint density at radius 3 is 2.11 bits per heavy atom. The molecule has 0 nitrogen and oxygen atoms in total. The van der Waals surface area contributed by atoms with Crippen molar-refractivity contribution in [3.8, 4) is 0 Å². The van der Waals surface area contributed by atoms with Crippen molar-refractivity contribution in [3.63, 3.8) is 0 Å². The maximum absolute atomic E-state index is 3.58. The Hall–Kier alpha value is -0.860. The summed E-state index contributed by atoms with van der Waals surface area (Å²) in [7, 11) is 0. The Balaban J connectivity index is 2.43. The van der Waals surface area contributed by atoms with E-state index in [4.69, 9.17) is 0 Å². The summed E-state index contributed by atoms with van der Waals surface area (Å²) >= 11 is 7.14. The number of halogens is 2. The third kappa shape index (κ3) is 1.98. The Bertz CT molecular complexity index is 717. The molecule has 0 aliphatic rings. The van der Waals surface area contributed by atoms with Crippen LogP contribution in [0.4, 0.5) is 0 Å². The van der Waals surface area contributed by atoms with E-state index in [1.807, 2.05) is 0 Å². The summed E-state index contributed by atoms with van der Waals surface area (Å²) < 4.78 is 0. The summed E-state index contributed by atoms with van der Waals surface area (Å²) in [5.41, 5.74) is 2.71. The number of fused-ring (bicyclic) bond motifs is 3. The first-order valence-electron chi connectivity index (χ1n) is 5.88. The van der Waals surface area contributed by atoms with Gasteiger partial charge in [0, 0.05) is 10.7 Å². The van der Waals surface area contributed by atoms with Gasteiger partial charge in [0.2, 0.25) is 0 Å². The third-order valence-electron chi connectivity index (χ3n) is 3.35. The molecule has 0 atom stereocenters. The van der Waals surface area contributed by atoms with E-state index in [9.17, 15) is 0 Å². The lowest BCUT2D eigenvalue weighted by Gasteiger charge is -2.09. The standard InChI is InChI=1S/C16H12Br2/c17-9-13-7-12-6-5-11-3-1-2-4-15(11)16(12)8-14(13)10-18/h1-8H,9-10H2. The van der Waals surface area contributed by atoms with Crippen molar-refractivity contribution >= 4 is 53.4 Å². The predicted octanol–water partition coefficient (Wildman–Crippen LogP) is 5.78. The van der Waals surface area contributed by atoms with Crippen LogP contribution in [0.25, 0.3) is 21.5 Å². The molecule has 0 saturated heterocycles. The number of rotatable bonds is 2. The van der Waals surface area contributed by atoms with Crippen LogP contribution in [-0.2, 0) is 10.7 Å². The van der Waals surface area contributed by atoms with Gasteiger partial charge in [-0.3, -0.25) is 0 Å². The van der Waals surface area contributed by atoms with Crippen molar-refractivity contribution in [2.75, 3.05) is 0 Å². The minimum atomic E-state index is 0.896. The summed E-state index contributed by atoms with van der Waals surface area (Å²) in [5, 5.41) is 7.08. The van der Waals surface area contributed by atoms with Gasteiger partial charge in [-0.25, -0.2) is 0 Å². The quantitative estimate of drug-likeness (QED) is 0.399. The van der Waals surface area contributed by atoms with Gasteiger partial charge >= 0.3 is 0 Å². The molecule has 0 spiro atoms. The minimum absolute atomic E-state index is 0.896. The number of hydrogen-bond acceptors (Lipinski definition) is 0. The van der Waals surface area contributed by atoms with E-state index in [1.54, 1.807) is 0 Å². The molecule has 0 unspecified atom stereocenters. The first-order valence-corrected chi connectivity index (χ1v) is 8.13. The molecule has 0 aliphatic heterocycles. The molecule has 2 heteroatoms. The predicted molar refractivity (Wildman–Crippen MR) is 86.7 cm³/mol. The average Bonchev–Trinajstić information content (AvgIpc) is 2.45. The van der Waals surface area contributed by atoms with Gasteiger partial charge in [0.15, 0.2) is 0 Å². The van der Waals surface area contributed by atoms with Crippen molar-refractivity contribution in [1.29, 1.82) is 0 Å². The minimum Gasteiger partial charge on any atom is -0.0876 e. The maximum Gasteiger partial charge on any atom is 0.0286 e. The van der Waals surface area contributed by atoms with Gasteiger partial charge in [0.1, 0.15) is 0 Å². The van der Waals surface area contributed by atoms with E-state index in [0.717, 1.165) is 10.7 Å². The molecule has 0 bridgehead atoms. The molecule has 0 aromatic heterocycles. The van der Waals surface area contributed by atoms with E-state index in [0.29, 0.717) is 0 Å². The molecule has 0 amide bonds. The fraction of sp³-hybridized carbons (Fsp3) is 0.125. The van der Waals surface area contributed by atoms with E-state index in [1.165, 1.54) is 32.7 Å². The molecule has 3 aromatic rings. The molecule has 0 saturated carbocycles. The van der Waals surface area contributed by atoms with E-state index < -0.39 is 0 Å². The van der Waals surface area contributed by atoms with E-state index >= 15 is 0 Å². The van der Waals surface area contributed by atoms with Crippen LogP contribution < -0.4 is 0 Å². The highest BCUT2D eigenvalue weighted by molar-refractivity contribution is 9.09. The zero-order valence-corrected chi connectivity index (χ0v) is 13.0. The van der Waals surface area contributed by atoms with Crippen LogP contribution in [0.3, 0.4) is 0 Å². The van der Waals surface area contributed by atoms with Crippen LogP contribution in [0.2, 0.25) is 0 Å². The third-order valence-corrected chi connectivity index (χ3v) is 4.56.